The molecule has 0 saturated heterocycles. The number of aromatic nitrogens is 1. The van der Waals surface area contributed by atoms with E-state index >= 15 is 0 Å². The van der Waals surface area contributed by atoms with Crippen LogP contribution in [0.25, 0.3) is 0 Å². The first-order valence-corrected chi connectivity index (χ1v) is 9.59. The summed E-state index contributed by atoms with van der Waals surface area (Å²) in [5.74, 6) is -0.653. The van der Waals surface area contributed by atoms with Crippen molar-refractivity contribution in [3.63, 3.8) is 0 Å². The first-order chi connectivity index (χ1) is 12.1. The Morgan fingerprint density at radius 1 is 1.23 bits per heavy atom. The number of benzene rings is 1. The van der Waals surface area contributed by atoms with Gasteiger partial charge in [0.05, 0.1) is 0 Å². The molecule has 1 unspecified atom stereocenters. The Kier molecular flexibility index (Phi) is 5.97. The molecule has 1 heterocycles. The number of likely N-dealkylation sites (N-methyl/N-ethyl adjacent to an activating group) is 1. The van der Waals surface area contributed by atoms with E-state index in [0.29, 0.717) is 10.7 Å². The summed E-state index contributed by atoms with van der Waals surface area (Å²) in [4.78, 5) is 26.4. The van der Waals surface area contributed by atoms with Gasteiger partial charge in [-0.3, -0.25) is 19.1 Å². The molecular weight excluding hydrogens is 354 g/mol. The lowest BCUT2D eigenvalue weighted by molar-refractivity contribution is -0.142. The topological polar surface area (TPSA) is 92.5 Å². The Morgan fingerprint density at radius 2 is 1.85 bits per heavy atom. The molecule has 2 amide bonds. The Balaban J connectivity index is 1.97. The summed E-state index contributed by atoms with van der Waals surface area (Å²) in [5, 5.41) is 6.22. The van der Waals surface area contributed by atoms with Gasteiger partial charge in [0.2, 0.25) is 0 Å². The van der Waals surface area contributed by atoms with Gasteiger partial charge in [0.15, 0.2) is 5.82 Å². The molecule has 2 rings (SSSR count). The predicted molar refractivity (Wildman–Crippen MR) is 99.1 cm³/mol. The fourth-order valence-electron chi connectivity index (χ4n) is 2.16. The van der Waals surface area contributed by atoms with Gasteiger partial charge in [0, 0.05) is 47.0 Å². The molecule has 2 aromatic rings. The second-order valence-corrected chi connectivity index (χ2v) is 8.42. The number of nitrogens with zero attached hydrogens (tertiary/aromatic N) is 2. The van der Waals surface area contributed by atoms with Gasteiger partial charge in [-0.2, -0.15) is 0 Å². The molecule has 0 saturated carbocycles. The van der Waals surface area contributed by atoms with Gasteiger partial charge < -0.3 is 9.42 Å². The average molecular weight is 377 g/mol. The van der Waals surface area contributed by atoms with E-state index in [1.54, 1.807) is 36.6 Å². The lowest BCUT2D eigenvalue weighted by atomic mass is 9.93. The molecular formula is C18H23N3O4S. The summed E-state index contributed by atoms with van der Waals surface area (Å²) in [6, 6.07) is 8.66. The molecule has 1 atom stereocenters. The molecule has 8 heteroatoms. The van der Waals surface area contributed by atoms with E-state index in [1.165, 1.54) is 11.9 Å². The van der Waals surface area contributed by atoms with E-state index in [0.717, 1.165) is 5.56 Å². The molecule has 0 bridgehead atoms. The quantitative estimate of drug-likeness (QED) is 0.826. The van der Waals surface area contributed by atoms with Crippen LogP contribution in [0.1, 0.15) is 32.1 Å². The first-order valence-electron chi connectivity index (χ1n) is 8.04. The maximum atomic E-state index is 12.2. The largest absolute Gasteiger partial charge is 0.359 e. The molecule has 1 N–H and O–H groups in total. The third-order valence-corrected chi connectivity index (χ3v) is 4.64. The SMILES string of the molecule is CN(Cc1ccc(S(C)=O)cc1)C(=O)C(=O)Nc1cc(C(C)(C)C)on1. The molecule has 1 aromatic carbocycles. The summed E-state index contributed by atoms with van der Waals surface area (Å²) in [7, 11) is 0.485. The number of hydrogen-bond donors (Lipinski definition) is 1. The van der Waals surface area contributed by atoms with E-state index in [1.807, 2.05) is 20.8 Å². The van der Waals surface area contributed by atoms with Crippen molar-refractivity contribution in [2.75, 3.05) is 18.6 Å². The molecule has 0 spiro atoms. The number of amides is 2. The van der Waals surface area contributed by atoms with Crippen LogP contribution in [-0.2, 0) is 32.3 Å². The highest BCUT2D eigenvalue weighted by Gasteiger charge is 2.23. The number of carbonyl (C=O) groups is 2. The van der Waals surface area contributed by atoms with Crippen LogP contribution in [0.5, 0.6) is 0 Å². The fourth-order valence-corrected chi connectivity index (χ4v) is 2.68. The van der Waals surface area contributed by atoms with E-state index in [4.69, 9.17) is 4.52 Å². The smallest absolute Gasteiger partial charge is 0.315 e. The first kappa shape index (κ1) is 19.8. The van der Waals surface area contributed by atoms with Crippen LogP contribution in [0.3, 0.4) is 0 Å². The van der Waals surface area contributed by atoms with Crippen molar-refractivity contribution in [3.05, 3.63) is 41.7 Å². The number of rotatable bonds is 4. The molecule has 0 aliphatic carbocycles. The minimum absolute atomic E-state index is 0.205. The molecule has 0 aliphatic rings. The number of nitrogens with one attached hydrogen (secondary N) is 1. The van der Waals surface area contributed by atoms with Crippen LogP contribution in [0.15, 0.2) is 39.8 Å². The van der Waals surface area contributed by atoms with Gasteiger partial charge >= 0.3 is 11.8 Å². The van der Waals surface area contributed by atoms with Crippen molar-refractivity contribution in [1.82, 2.24) is 10.1 Å². The van der Waals surface area contributed by atoms with Gasteiger partial charge in [-0.1, -0.05) is 38.1 Å². The highest BCUT2D eigenvalue weighted by atomic mass is 32.2. The second-order valence-electron chi connectivity index (χ2n) is 7.04. The molecule has 140 valence electrons. The van der Waals surface area contributed by atoms with E-state index < -0.39 is 22.6 Å². The van der Waals surface area contributed by atoms with E-state index in [9.17, 15) is 13.8 Å². The van der Waals surface area contributed by atoms with Gasteiger partial charge in [-0.25, -0.2) is 0 Å². The van der Waals surface area contributed by atoms with Crippen molar-refractivity contribution in [2.24, 2.45) is 0 Å². The Morgan fingerprint density at radius 3 is 2.35 bits per heavy atom. The summed E-state index contributed by atoms with van der Waals surface area (Å²) in [5.41, 5.74) is 0.588. The number of hydrogen-bond acceptors (Lipinski definition) is 5. The summed E-state index contributed by atoms with van der Waals surface area (Å²) in [6.45, 7) is 6.13. The highest BCUT2D eigenvalue weighted by molar-refractivity contribution is 7.84. The zero-order chi connectivity index (χ0) is 19.5. The minimum atomic E-state index is -1.05. The van der Waals surface area contributed by atoms with Crippen LogP contribution in [0, 0.1) is 0 Å². The molecule has 0 radical (unpaired) electrons. The second kappa shape index (κ2) is 7.82. The number of anilines is 1. The monoisotopic (exact) mass is 377 g/mol. The van der Waals surface area contributed by atoms with E-state index in [2.05, 4.69) is 10.5 Å². The van der Waals surface area contributed by atoms with Crippen LogP contribution >= 0.6 is 0 Å². The highest BCUT2D eigenvalue weighted by Crippen LogP contribution is 2.24. The van der Waals surface area contributed by atoms with Crippen molar-refractivity contribution in [1.29, 1.82) is 0 Å². The summed E-state index contributed by atoms with van der Waals surface area (Å²) in [6.07, 6.45) is 1.60. The Bertz CT molecular complexity index is 822. The summed E-state index contributed by atoms with van der Waals surface area (Å²) >= 11 is 0. The Labute approximate surface area is 155 Å². The Hall–Kier alpha value is -2.48. The minimum Gasteiger partial charge on any atom is -0.359 e. The molecule has 0 aliphatic heterocycles. The van der Waals surface area contributed by atoms with Crippen LogP contribution in [0.4, 0.5) is 5.82 Å². The van der Waals surface area contributed by atoms with Gasteiger partial charge in [0.1, 0.15) is 5.76 Å². The van der Waals surface area contributed by atoms with Crippen molar-refractivity contribution in [2.45, 2.75) is 37.6 Å². The zero-order valence-electron chi connectivity index (χ0n) is 15.5. The van der Waals surface area contributed by atoms with Crippen molar-refractivity contribution >= 4 is 28.4 Å². The zero-order valence-corrected chi connectivity index (χ0v) is 16.3. The summed E-state index contributed by atoms with van der Waals surface area (Å²) < 4.78 is 16.6. The van der Waals surface area contributed by atoms with Crippen LogP contribution in [-0.4, -0.2) is 39.4 Å². The maximum Gasteiger partial charge on any atom is 0.315 e. The molecule has 0 fully saturated rings. The molecule has 1 aromatic heterocycles. The average Bonchev–Trinajstić information content (AvgIpc) is 3.03. The molecule has 7 nitrogen and oxygen atoms in total. The van der Waals surface area contributed by atoms with Crippen LogP contribution in [0.2, 0.25) is 0 Å². The van der Waals surface area contributed by atoms with Gasteiger partial charge in [0.25, 0.3) is 0 Å². The van der Waals surface area contributed by atoms with Crippen molar-refractivity contribution in [3.8, 4) is 0 Å². The van der Waals surface area contributed by atoms with Crippen molar-refractivity contribution < 1.29 is 18.3 Å². The van der Waals surface area contributed by atoms with Crippen LogP contribution < -0.4 is 5.32 Å². The molecule has 26 heavy (non-hydrogen) atoms. The predicted octanol–water partition coefficient (Wildman–Crippen LogP) is 2.31. The lowest BCUT2D eigenvalue weighted by Gasteiger charge is -2.16. The number of carbonyl (C=O) groups excluding carboxylic acids is 2. The van der Waals surface area contributed by atoms with Gasteiger partial charge in [-0.15, -0.1) is 0 Å². The lowest BCUT2D eigenvalue weighted by Crippen LogP contribution is -2.36. The maximum absolute atomic E-state index is 12.2. The van der Waals surface area contributed by atoms with E-state index in [-0.39, 0.29) is 17.8 Å². The fraction of sp³-hybridized carbons (Fsp3) is 0.389. The standard InChI is InChI=1S/C18H23N3O4S/c1-18(2,3)14-10-15(20-25-14)19-16(22)17(23)21(4)11-12-6-8-13(9-7-12)26(5)24/h6-10H,11H2,1-5H3,(H,19,20,22). The normalized spacial score (nSPS) is 12.5. The van der Waals surface area contributed by atoms with Gasteiger partial charge in [-0.05, 0) is 17.7 Å². The third kappa shape index (κ3) is 5.01. The third-order valence-electron chi connectivity index (χ3n) is 3.71.